The lowest BCUT2D eigenvalue weighted by molar-refractivity contribution is 0.0636. The van der Waals surface area contributed by atoms with Crippen LogP contribution in [0.4, 0.5) is 4.79 Å². The molecule has 1 aliphatic rings. The molecule has 0 spiro atoms. The number of carbonyl (C=O) groups is 1. The van der Waals surface area contributed by atoms with Gasteiger partial charge in [-0.1, -0.05) is 0 Å². The summed E-state index contributed by atoms with van der Waals surface area (Å²) in [6, 6.07) is 1.45. The van der Waals surface area contributed by atoms with Gasteiger partial charge in [-0.15, -0.1) is 0 Å². The molecule has 1 amide bonds. The molecule has 0 aromatic carbocycles. The Bertz CT molecular complexity index is 537. The Kier molecular flexibility index (Phi) is 4.14. The van der Waals surface area contributed by atoms with E-state index in [0.29, 0.717) is 18.2 Å². The Hall–Kier alpha value is -1.50. The van der Waals surface area contributed by atoms with Crippen LogP contribution in [0.1, 0.15) is 12.8 Å². The molecule has 0 radical (unpaired) electrons. The molecule has 19 heavy (non-hydrogen) atoms. The van der Waals surface area contributed by atoms with Gasteiger partial charge < -0.3 is 19.7 Å². The highest BCUT2D eigenvalue weighted by Gasteiger charge is 2.31. The summed E-state index contributed by atoms with van der Waals surface area (Å²) >= 11 is 3.35. The number of nitrogens with one attached hydrogen (secondary N) is 1. The second kappa shape index (κ2) is 5.64. The number of amides is 1. The van der Waals surface area contributed by atoms with Crippen LogP contribution in [-0.2, 0) is 7.05 Å². The molecule has 2 rings (SSSR count). The SMILES string of the molecule is Cn1cc(Br)c(O[C@H]2C[C@H](CNC(=O)O)C2)cc1=O. The van der Waals surface area contributed by atoms with E-state index in [1.807, 2.05) is 0 Å². The number of hydrogen-bond acceptors (Lipinski definition) is 3. The Balaban J connectivity index is 1.86. The summed E-state index contributed by atoms with van der Waals surface area (Å²) in [5.74, 6) is 0.851. The van der Waals surface area contributed by atoms with Gasteiger partial charge in [0.2, 0.25) is 0 Å². The first-order chi connectivity index (χ1) is 8.95. The molecule has 0 saturated heterocycles. The van der Waals surface area contributed by atoms with Crippen molar-refractivity contribution in [3.63, 3.8) is 0 Å². The number of pyridine rings is 1. The highest BCUT2D eigenvalue weighted by atomic mass is 79.9. The molecule has 1 fully saturated rings. The molecule has 1 heterocycles. The molecule has 0 unspecified atom stereocenters. The Morgan fingerprint density at radius 1 is 1.63 bits per heavy atom. The van der Waals surface area contributed by atoms with Crippen molar-refractivity contribution in [3.8, 4) is 5.75 Å². The number of rotatable bonds is 4. The maximum absolute atomic E-state index is 11.5. The number of carboxylic acid groups (broad SMARTS) is 1. The van der Waals surface area contributed by atoms with E-state index in [4.69, 9.17) is 9.84 Å². The highest BCUT2D eigenvalue weighted by molar-refractivity contribution is 9.10. The number of aryl methyl sites for hydroxylation is 1. The fourth-order valence-corrected chi connectivity index (χ4v) is 2.53. The zero-order valence-corrected chi connectivity index (χ0v) is 12.0. The van der Waals surface area contributed by atoms with Crippen LogP contribution < -0.4 is 15.6 Å². The minimum Gasteiger partial charge on any atom is -0.489 e. The predicted octanol–water partition coefficient (Wildman–Crippen LogP) is 1.57. The fraction of sp³-hybridized carbons (Fsp3) is 0.500. The van der Waals surface area contributed by atoms with Crippen LogP contribution in [0.2, 0.25) is 0 Å². The molecular weight excluding hydrogens is 316 g/mol. The van der Waals surface area contributed by atoms with Gasteiger partial charge in [-0.25, -0.2) is 4.79 Å². The Morgan fingerprint density at radius 3 is 2.95 bits per heavy atom. The largest absolute Gasteiger partial charge is 0.489 e. The van der Waals surface area contributed by atoms with Crippen molar-refractivity contribution in [2.75, 3.05) is 6.54 Å². The van der Waals surface area contributed by atoms with E-state index in [1.165, 1.54) is 10.6 Å². The van der Waals surface area contributed by atoms with Gasteiger partial charge in [0.1, 0.15) is 5.75 Å². The molecule has 1 saturated carbocycles. The van der Waals surface area contributed by atoms with Gasteiger partial charge in [-0.05, 0) is 34.7 Å². The topological polar surface area (TPSA) is 80.6 Å². The zero-order chi connectivity index (χ0) is 14.0. The van der Waals surface area contributed by atoms with Crippen LogP contribution in [0.3, 0.4) is 0 Å². The van der Waals surface area contributed by atoms with Gasteiger partial charge in [0.05, 0.1) is 10.6 Å². The van der Waals surface area contributed by atoms with E-state index >= 15 is 0 Å². The number of aromatic nitrogens is 1. The maximum atomic E-state index is 11.5. The molecular formula is C12H15BrN2O4. The summed E-state index contributed by atoms with van der Waals surface area (Å²) < 4.78 is 7.93. The third-order valence-electron chi connectivity index (χ3n) is 3.17. The minimum atomic E-state index is -1.00. The summed E-state index contributed by atoms with van der Waals surface area (Å²) in [5.41, 5.74) is -0.124. The molecule has 2 N–H and O–H groups in total. The van der Waals surface area contributed by atoms with E-state index in [2.05, 4.69) is 21.2 Å². The lowest BCUT2D eigenvalue weighted by atomic mass is 9.82. The summed E-state index contributed by atoms with van der Waals surface area (Å²) in [6.45, 7) is 0.451. The van der Waals surface area contributed by atoms with Crippen molar-refractivity contribution in [1.82, 2.24) is 9.88 Å². The van der Waals surface area contributed by atoms with E-state index in [-0.39, 0.29) is 11.7 Å². The second-order valence-electron chi connectivity index (χ2n) is 4.70. The van der Waals surface area contributed by atoms with E-state index in [9.17, 15) is 9.59 Å². The van der Waals surface area contributed by atoms with E-state index in [0.717, 1.165) is 17.3 Å². The quantitative estimate of drug-likeness (QED) is 0.878. The van der Waals surface area contributed by atoms with Crippen molar-refractivity contribution < 1.29 is 14.6 Å². The van der Waals surface area contributed by atoms with Crippen LogP contribution in [0.15, 0.2) is 21.5 Å². The van der Waals surface area contributed by atoms with Gasteiger partial charge in [0.15, 0.2) is 0 Å². The van der Waals surface area contributed by atoms with Crippen LogP contribution >= 0.6 is 15.9 Å². The van der Waals surface area contributed by atoms with Crippen molar-refractivity contribution >= 4 is 22.0 Å². The van der Waals surface area contributed by atoms with Crippen molar-refractivity contribution in [1.29, 1.82) is 0 Å². The van der Waals surface area contributed by atoms with Crippen LogP contribution in [0.25, 0.3) is 0 Å². The lowest BCUT2D eigenvalue weighted by Gasteiger charge is -2.35. The highest BCUT2D eigenvalue weighted by Crippen LogP contribution is 2.33. The lowest BCUT2D eigenvalue weighted by Crippen LogP contribution is -2.40. The number of nitrogens with zero attached hydrogens (tertiary/aromatic N) is 1. The molecule has 1 aliphatic carbocycles. The number of hydrogen-bond donors (Lipinski definition) is 2. The van der Waals surface area contributed by atoms with Gasteiger partial charge in [-0.2, -0.15) is 0 Å². The summed E-state index contributed by atoms with van der Waals surface area (Å²) in [4.78, 5) is 21.9. The fourth-order valence-electron chi connectivity index (χ4n) is 2.02. The van der Waals surface area contributed by atoms with E-state index in [1.54, 1.807) is 13.2 Å². The summed E-state index contributed by atoms with van der Waals surface area (Å²) in [7, 11) is 1.67. The van der Waals surface area contributed by atoms with Crippen molar-refractivity contribution in [3.05, 3.63) is 27.1 Å². The standard InChI is InChI=1S/C12H15BrN2O4/c1-15-6-9(13)10(4-11(15)16)19-8-2-7(3-8)5-14-12(17)18/h4,6-8,14H,2-3,5H2,1H3,(H,17,18)/t7-,8-. The Morgan fingerprint density at radius 2 is 2.32 bits per heavy atom. The van der Waals surface area contributed by atoms with Gasteiger partial charge in [0.25, 0.3) is 5.56 Å². The predicted molar refractivity (Wildman–Crippen MR) is 72.6 cm³/mol. The average molecular weight is 331 g/mol. The van der Waals surface area contributed by atoms with Gasteiger partial charge in [-0.3, -0.25) is 4.79 Å². The average Bonchev–Trinajstić information content (AvgIpc) is 2.27. The van der Waals surface area contributed by atoms with E-state index < -0.39 is 6.09 Å². The smallest absolute Gasteiger partial charge is 0.404 e. The first-order valence-corrected chi connectivity index (χ1v) is 6.74. The third kappa shape index (κ3) is 3.50. The zero-order valence-electron chi connectivity index (χ0n) is 10.4. The summed E-state index contributed by atoms with van der Waals surface area (Å²) in [6.07, 6.45) is 2.30. The van der Waals surface area contributed by atoms with Gasteiger partial charge in [0, 0.05) is 25.9 Å². The van der Waals surface area contributed by atoms with Gasteiger partial charge >= 0.3 is 6.09 Å². The molecule has 104 valence electrons. The molecule has 1 aromatic heterocycles. The van der Waals surface area contributed by atoms with Crippen LogP contribution in [0.5, 0.6) is 5.75 Å². The Labute approximate surface area is 118 Å². The molecule has 1 aromatic rings. The maximum Gasteiger partial charge on any atom is 0.404 e. The second-order valence-corrected chi connectivity index (χ2v) is 5.55. The first kappa shape index (κ1) is 13.9. The third-order valence-corrected chi connectivity index (χ3v) is 3.77. The molecule has 6 nitrogen and oxygen atoms in total. The number of halogens is 1. The van der Waals surface area contributed by atoms with Crippen LogP contribution in [0, 0.1) is 5.92 Å². The number of ether oxygens (including phenoxy) is 1. The molecule has 0 aliphatic heterocycles. The molecule has 0 bridgehead atoms. The molecule has 7 heteroatoms. The van der Waals surface area contributed by atoms with Crippen molar-refractivity contribution in [2.45, 2.75) is 18.9 Å². The summed E-state index contributed by atoms with van der Waals surface area (Å²) in [5, 5.41) is 10.8. The van der Waals surface area contributed by atoms with Crippen molar-refractivity contribution in [2.24, 2.45) is 13.0 Å². The normalized spacial score (nSPS) is 21.6. The molecule has 0 atom stereocenters. The first-order valence-electron chi connectivity index (χ1n) is 5.95. The van der Waals surface area contributed by atoms with Crippen LogP contribution in [-0.4, -0.2) is 28.4 Å². The minimum absolute atomic E-state index is 0.0454. The monoisotopic (exact) mass is 330 g/mol.